The van der Waals surface area contributed by atoms with Crippen LogP contribution < -0.4 is 0 Å². The summed E-state index contributed by atoms with van der Waals surface area (Å²) in [5.74, 6) is 0.204. The number of hydrogen-bond acceptors (Lipinski definition) is 5. The third-order valence-electron chi connectivity index (χ3n) is 3.27. The van der Waals surface area contributed by atoms with E-state index in [0.717, 1.165) is 43.9 Å². The molecule has 1 atom stereocenters. The van der Waals surface area contributed by atoms with Crippen molar-refractivity contribution in [2.24, 2.45) is 5.92 Å². The summed E-state index contributed by atoms with van der Waals surface area (Å²) in [6.45, 7) is -1.23. The highest BCUT2D eigenvalue weighted by molar-refractivity contribution is 8.00. The SMILES string of the molecule is N#CC(Sc1nnnn1CC(F)(F)F)C1CCCCC1. The van der Waals surface area contributed by atoms with Gasteiger partial charge in [0.1, 0.15) is 11.8 Å². The number of tetrazole rings is 1. The minimum absolute atomic E-state index is 0.0550. The lowest BCUT2D eigenvalue weighted by Crippen LogP contribution is -2.22. The largest absolute Gasteiger partial charge is 0.408 e. The van der Waals surface area contributed by atoms with Gasteiger partial charge in [0, 0.05) is 0 Å². The third kappa shape index (κ3) is 4.10. The molecule has 0 radical (unpaired) electrons. The molecule has 1 aromatic heterocycles. The number of rotatable bonds is 4. The van der Waals surface area contributed by atoms with Gasteiger partial charge in [-0.2, -0.15) is 18.4 Å². The van der Waals surface area contributed by atoms with Crippen LogP contribution >= 0.6 is 11.8 Å². The average molecular weight is 305 g/mol. The van der Waals surface area contributed by atoms with Gasteiger partial charge >= 0.3 is 6.18 Å². The minimum atomic E-state index is -4.38. The lowest BCUT2D eigenvalue weighted by Gasteiger charge is -2.24. The van der Waals surface area contributed by atoms with E-state index in [1.54, 1.807) is 0 Å². The fourth-order valence-electron chi connectivity index (χ4n) is 2.33. The van der Waals surface area contributed by atoms with E-state index in [0.29, 0.717) is 4.68 Å². The Hall–Kier alpha value is -1.30. The average Bonchev–Trinajstić information content (AvgIpc) is 2.82. The van der Waals surface area contributed by atoms with Crippen LogP contribution in [0.1, 0.15) is 32.1 Å². The monoisotopic (exact) mass is 305 g/mol. The summed E-state index contributed by atoms with van der Waals surface area (Å²) >= 11 is 1.03. The van der Waals surface area contributed by atoms with Crippen molar-refractivity contribution in [1.82, 2.24) is 20.2 Å². The van der Waals surface area contributed by atoms with Gasteiger partial charge in [-0.15, -0.1) is 5.10 Å². The normalized spacial score (nSPS) is 18.7. The summed E-state index contributed by atoms with van der Waals surface area (Å²) in [5.41, 5.74) is 0. The van der Waals surface area contributed by atoms with E-state index >= 15 is 0 Å². The molecule has 0 saturated heterocycles. The van der Waals surface area contributed by atoms with Crippen LogP contribution in [-0.2, 0) is 6.54 Å². The van der Waals surface area contributed by atoms with Crippen molar-refractivity contribution in [1.29, 1.82) is 5.26 Å². The third-order valence-corrected chi connectivity index (χ3v) is 4.51. The molecule has 0 N–H and O–H groups in total. The maximum absolute atomic E-state index is 12.4. The van der Waals surface area contributed by atoms with E-state index in [1.807, 2.05) is 0 Å². The molecule has 0 spiro atoms. The van der Waals surface area contributed by atoms with Crippen LogP contribution in [0.5, 0.6) is 0 Å². The molecule has 20 heavy (non-hydrogen) atoms. The summed E-state index contributed by atoms with van der Waals surface area (Å²) in [6, 6.07) is 2.17. The second kappa shape index (κ2) is 6.43. The molecule has 1 aliphatic carbocycles. The summed E-state index contributed by atoms with van der Waals surface area (Å²) in [7, 11) is 0. The molecule has 5 nitrogen and oxygen atoms in total. The fraction of sp³-hybridized carbons (Fsp3) is 0.818. The van der Waals surface area contributed by atoms with Crippen LogP contribution in [0.25, 0.3) is 0 Å². The van der Waals surface area contributed by atoms with Gasteiger partial charge < -0.3 is 0 Å². The minimum Gasteiger partial charge on any atom is -0.211 e. The first kappa shape index (κ1) is 15.1. The van der Waals surface area contributed by atoms with Gasteiger partial charge in [0.2, 0.25) is 5.16 Å². The molecule has 1 fully saturated rings. The zero-order valence-corrected chi connectivity index (χ0v) is 11.5. The molecule has 1 unspecified atom stereocenters. The fourth-order valence-corrected chi connectivity index (χ4v) is 3.38. The second-order valence-corrected chi connectivity index (χ2v) is 5.91. The molecule has 1 aromatic rings. The number of hydrogen-bond donors (Lipinski definition) is 0. The van der Waals surface area contributed by atoms with E-state index in [9.17, 15) is 18.4 Å². The topological polar surface area (TPSA) is 67.4 Å². The van der Waals surface area contributed by atoms with Crippen molar-refractivity contribution in [2.75, 3.05) is 0 Å². The van der Waals surface area contributed by atoms with Crippen molar-refractivity contribution in [2.45, 2.75) is 55.2 Å². The maximum atomic E-state index is 12.4. The zero-order valence-electron chi connectivity index (χ0n) is 10.7. The Labute approximate surface area is 118 Å². The molecule has 1 aliphatic rings. The van der Waals surface area contributed by atoms with Gasteiger partial charge in [-0.3, -0.25) is 0 Å². The molecule has 9 heteroatoms. The Morgan fingerprint density at radius 2 is 2.05 bits per heavy atom. The van der Waals surface area contributed by atoms with Gasteiger partial charge in [-0.25, -0.2) is 4.68 Å². The Morgan fingerprint density at radius 1 is 1.35 bits per heavy atom. The van der Waals surface area contributed by atoms with Gasteiger partial charge in [0.05, 0.1) is 6.07 Å². The zero-order chi connectivity index (χ0) is 14.6. The summed E-state index contributed by atoms with van der Waals surface area (Å²) in [4.78, 5) is 0. The Morgan fingerprint density at radius 3 is 2.65 bits per heavy atom. The molecule has 0 aliphatic heterocycles. The van der Waals surface area contributed by atoms with Crippen molar-refractivity contribution >= 4 is 11.8 Å². The first-order valence-electron chi connectivity index (χ1n) is 6.39. The van der Waals surface area contributed by atoms with E-state index in [-0.39, 0.29) is 11.1 Å². The van der Waals surface area contributed by atoms with Crippen LogP contribution in [0.2, 0.25) is 0 Å². The number of halogens is 3. The molecular weight excluding hydrogens is 291 g/mol. The predicted molar refractivity (Wildman–Crippen MR) is 65.7 cm³/mol. The Balaban J connectivity index is 2.04. The van der Waals surface area contributed by atoms with E-state index in [2.05, 4.69) is 21.6 Å². The molecule has 1 heterocycles. The second-order valence-electron chi connectivity index (χ2n) is 4.80. The predicted octanol–water partition coefficient (Wildman–Crippen LogP) is 2.80. The lowest BCUT2D eigenvalue weighted by atomic mass is 9.87. The van der Waals surface area contributed by atoms with Gasteiger partial charge in [-0.05, 0) is 29.2 Å². The molecule has 1 saturated carbocycles. The standard InChI is InChI=1S/C11H14F3N5S/c12-11(13,14)7-19-10(16-17-18-19)20-9(6-15)8-4-2-1-3-5-8/h8-9H,1-5,7H2. The summed E-state index contributed by atoms with van der Waals surface area (Å²) in [5, 5.41) is 19.1. The smallest absolute Gasteiger partial charge is 0.211 e. The van der Waals surface area contributed by atoms with Crippen molar-refractivity contribution in [3.05, 3.63) is 0 Å². The van der Waals surface area contributed by atoms with Gasteiger partial charge in [-0.1, -0.05) is 31.0 Å². The van der Waals surface area contributed by atoms with Crippen molar-refractivity contribution < 1.29 is 13.2 Å². The lowest BCUT2D eigenvalue weighted by molar-refractivity contribution is -0.144. The molecule has 0 bridgehead atoms. The van der Waals surface area contributed by atoms with E-state index in [1.165, 1.54) is 0 Å². The number of aromatic nitrogens is 4. The number of nitriles is 1. The van der Waals surface area contributed by atoms with E-state index in [4.69, 9.17) is 0 Å². The van der Waals surface area contributed by atoms with Crippen LogP contribution in [0.3, 0.4) is 0 Å². The highest BCUT2D eigenvalue weighted by Crippen LogP contribution is 2.35. The number of thioether (sulfide) groups is 1. The highest BCUT2D eigenvalue weighted by atomic mass is 32.2. The van der Waals surface area contributed by atoms with E-state index < -0.39 is 18.0 Å². The summed E-state index contributed by atoms with van der Waals surface area (Å²) in [6.07, 6.45) is 0.786. The van der Waals surface area contributed by atoms with Crippen molar-refractivity contribution in [3.8, 4) is 6.07 Å². The first-order chi connectivity index (χ1) is 9.49. The molecule has 110 valence electrons. The van der Waals surface area contributed by atoms with Crippen LogP contribution in [0.15, 0.2) is 5.16 Å². The summed E-state index contributed by atoms with van der Waals surface area (Å²) < 4.78 is 37.9. The Kier molecular flexibility index (Phi) is 4.86. The van der Waals surface area contributed by atoms with Gasteiger partial charge in [0.25, 0.3) is 0 Å². The molecule has 2 rings (SSSR count). The number of alkyl halides is 3. The Bertz CT molecular complexity index is 475. The quantitative estimate of drug-likeness (QED) is 0.800. The van der Waals surface area contributed by atoms with Crippen LogP contribution in [-0.4, -0.2) is 31.6 Å². The van der Waals surface area contributed by atoms with Gasteiger partial charge in [0.15, 0.2) is 0 Å². The molecule has 0 amide bonds. The first-order valence-corrected chi connectivity index (χ1v) is 7.27. The van der Waals surface area contributed by atoms with Crippen LogP contribution in [0.4, 0.5) is 13.2 Å². The highest BCUT2D eigenvalue weighted by Gasteiger charge is 2.32. The maximum Gasteiger partial charge on any atom is 0.408 e. The van der Waals surface area contributed by atoms with Crippen LogP contribution in [0, 0.1) is 17.2 Å². The molecule has 0 aromatic carbocycles. The molecular formula is C11H14F3N5S. The number of nitrogens with zero attached hydrogens (tertiary/aromatic N) is 5. The van der Waals surface area contributed by atoms with Crippen molar-refractivity contribution in [3.63, 3.8) is 0 Å².